The summed E-state index contributed by atoms with van der Waals surface area (Å²) in [7, 11) is 1.48. The molecule has 0 spiro atoms. The van der Waals surface area contributed by atoms with E-state index in [9.17, 15) is 4.79 Å². The van der Waals surface area contributed by atoms with Crippen molar-refractivity contribution in [3.63, 3.8) is 0 Å². The topological polar surface area (TPSA) is 26.3 Å². The highest BCUT2D eigenvalue weighted by Gasteiger charge is 2.39. The summed E-state index contributed by atoms with van der Waals surface area (Å²) in [5.74, 6) is 0.633. The molecule has 14 heavy (non-hydrogen) atoms. The van der Waals surface area contributed by atoms with Gasteiger partial charge in [0.1, 0.15) is 0 Å². The SMILES string of the molecule is COC(=O)C(C)C(C)(C)C1CCCC1. The standard InChI is InChI=1S/C12H22O2/c1-9(11(13)14-4)12(2,3)10-7-5-6-8-10/h9-10H,5-8H2,1-4H3. The van der Waals surface area contributed by atoms with Crippen molar-refractivity contribution < 1.29 is 9.53 Å². The molecule has 0 saturated heterocycles. The monoisotopic (exact) mass is 198 g/mol. The van der Waals surface area contributed by atoms with Gasteiger partial charge in [-0.3, -0.25) is 4.79 Å². The van der Waals surface area contributed by atoms with Gasteiger partial charge in [0.25, 0.3) is 0 Å². The average molecular weight is 198 g/mol. The van der Waals surface area contributed by atoms with Crippen LogP contribution in [0.15, 0.2) is 0 Å². The van der Waals surface area contributed by atoms with Crippen LogP contribution in [-0.2, 0) is 9.53 Å². The van der Waals surface area contributed by atoms with E-state index in [4.69, 9.17) is 4.74 Å². The lowest BCUT2D eigenvalue weighted by molar-refractivity contribution is -0.150. The second kappa shape index (κ2) is 4.33. The van der Waals surface area contributed by atoms with Gasteiger partial charge < -0.3 is 4.74 Å². The molecule has 0 radical (unpaired) electrons. The lowest BCUT2D eigenvalue weighted by Crippen LogP contribution is -2.35. The number of rotatable bonds is 3. The summed E-state index contributed by atoms with van der Waals surface area (Å²) in [5, 5.41) is 0. The minimum Gasteiger partial charge on any atom is -0.469 e. The van der Waals surface area contributed by atoms with E-state index in [0.29, 0.717) is 5.92 Å². The molecule has 1 unspecified atom stereocenters. The van der Waals surface area contributed by atoms with E-state index < -0.39 is 0 Å². The molecule has 1 atom stereocenters. The number of hydrogen-bond acceptors (Lipinski definition) is 2. The van der Waals surface area contributed by atoms with Gasteiger partial charge >= 0.3 is 5.97 Å². The van der Waals surface area contributed by atoms with Crippen LogP contribution in [0.4, 0.5) is 0 Å². The van der Waals surface area contributed by atoms with Crippen molar-refractivity contribution in [2.75, 3.05) is 7.11 Å². The number of hydrogen-bond donors (Lipinski definition) is 0. The molecule has 0 aromatic rings. The number of ether oxygens (including phenoxy) is 1. The molecule has 0 N–H and O–H groups in total. The van der Waals surface area contributed by atoms with Gasteiger partial charge in [0, 0.05) is 0 Å². The van der Waals surface area contributed by atoms with Crippen LogP contribution in [0.1, 0.15) is 46.5 Å². The fourth-order valence-electron chi connectivity index (χ4n) is 2.50. The molecule has 0 amide bonds. The Kier molecular flexibility index (Phi) is 3.57. The van der Waals surface area contributed by atoms with Gasteiger partial charge in [0.2, 0.25) is 0 Å². The summed E-state index contributed by atoms with van der Waals surface area (Å²) in [6, 6.07) is 0. The van der Waals surface area contributed by atoms with Gasteiger partial charge in [-0.15, -0.1) is 0 Å². The molecule has 0 aliphatic heterocycles. The summed E-state index contributed by atoms with van der Waals surface area (Å²) in [6.45, 7) is 6.39. The third-order valence-corrected chi connectivity index (χ3v) is 4.08. The molecule has 1 fully saturated rings. The molecule has 0 bridgehead atoms. The minimum absolute atomic E-state index is 0.00981. The Morgan fingerprint density at radius 1 is 1.36 bits per heavy atom. The smallest absolute Gasteiger partial charge is 0.308 e. The van der Waals surface area contributed by atoms with Crippen molar-refractivity contribution >= 4 is 5.97 Å². The summed E-state index contributed by atoms with van der Waals surface area (Å²) < 4.78 is 4.82. The van der Waals surface area contributed by atoms with Crippen LogP contribution in [0.3, 0.4) is 0 Å². The molecule has 1 rings (SSSR count). The zero-order valence-electron chi connectivity index (χ0n) is 9.80. The predicted octanol–water partition coefficient (Wildman–Crippen LogP) is 3.01. The Balaban J connectivity index is 2.66. The second-order valence-corrected chi connectivity index (χ2v) is 5.05. The van der Waals surface area contributed by atoms with Gasteiger partial charge in [-0.1, -0.05) is 33.6 Å². The maximum Gasteiger partial charge on any atom is 0.308 e. The van der Waals surface area contributed by atoms with Crippen LogP contribution in [-0.4, -0.2) is 13.1 Å². The molecule has 82 valence electrons. The molecule has 1 aliphatic carbocycles. The van der Waals surface area contributed by atoms with Crippen molar-refractivity contribution in [1.29, 1.82) is 0 Å². The highest BCUT2D eigenvalue weighted by atomic mass is 16.5. The van der Waals surface area contributed by atoms with Crippen LogP contribution in [0.5, 0.6) is 0 Å². The fourth-order valence-corrected chi connectivity index (χ4v) is 2.50. The van der Waals surface area contributed by atoms with Gasteiger partial charge in [-0.05, 0) is 24.2 Å². The molecule has 2 nitrogen and oxygen atoms in total. The Bertz CT molecular complexity index is 202. The van der Waals surface area contributed by atoms with E-state index in [2.05, 4.69) is 13.8 Å². The number of carbonyl (C=O) groups excluding carboxylic acids is 1. The molecule has 2 heteroatoms. The fraction of sp³-hybridized carbons (Fsp3) is 0.917. The number of carbonyl (C=O) groups is 1. The molecular weight excluding hydrogens is 176 g/mol. The maximum atomic E-state index is 11.5. The van der Waals surface area contributed by atoms with Crippen LogP contribution >= 0.6 is 0 Å². The van der Waals surface area contributed by atoms with E-state index in [1.807, 2.05) is 6.92 Å². The highest BCUT2D eigenvalue weighted by molar-refractivity contribution is 5.72. The summed E-state index contributed by atoms with van der Waals surface area (Å²) in [4.78, 5) is 11.5. The van der Waals surface area contributed by atoms with E-state index in [-0.39, 0.29) is 17.3 Å². The minimum atomic E-state index is -0.0677. The van der Waals surface area contributed by atoms with E-state index in [1.165, 1.54) is 32.8 Å². The van der Waals surface area contributed by atoms with Crippen LogP contribution < -0.4 is 0 Å². The molecule has 0 aromatic carbocycles. The first-order valence-corrected chi connectivity index (χ1v) is 5.58. The number of esters is 1. The third kappa shape index (κ3) is 2.10. The van der Waals surface area contributed by atoms with Crippen LogP contribution in [0.25, 0.3) is 0 Å². The Morgan fingerprint density at radius 2 is 1.86 bits per heavy atom. The highest BCUT2D eigenvalue weighted by Crippen LogP contribution is 2.44. The normalized spacial score (nSPS) is 20.9. The number of methoxy groups -OCH3 is 1. The molecule has 1 aliphatic rings. The second-order valence-electron chi connectivity index (χ2n) is 5.05. The van der Waals surface area contributed by atoms with Crippen LogP contribution in [0.2, 0.25) is 0 Å². The van der Waals surface area contributed by atoms with E-state index >= 15 is 0 Å². The Morgan fingerprint density at radius 3 is 2.29 bits per heavy atom. The maximum absolute atomic E-state index is 11.5. The lowest BCUT2D eigenvalue weighted by atomic mass is 9.69. The van der Waals surface area contributed by atoms with Crippen molar-refractivity contribution in [3.05, 3.63) is 0 Å². The first-order valence-electron chi connectivity index (χ1n) is 5.58. The summed E-state index contributed by atoms with van der Waals surface area (Å²) in [6.07, 6.45) is 5.19. The first-order chi connectivity index (χ1) is 6.50. The van der Waals surface area contributed by atoms with Gasteiger partial charge in [0.05, 0.1) is 13.0 Å². The zero-order chi connectivity index (χ0) is 10.8. The molecule has 1 saturated carbocycles. The van der Waals surface area contributed by atoms with Crippen molar-refractivity contribution in [2.24, 2.45) is 17.3 Å². The Labute approximate surface area is 87.0 Å². The third-order valence-electron chi connectivity index (χ3n) is 4.08. The van der Waals surface area contributed by atoms with Crippen molar-refractivity contribution in [1.82, 2.24) is 0 Å². The average Bonchev–Trinajstić information content (AvgIpc) is 2.68. The quantitative estimate of drug-likeness (QED) is 0.652. The van der Waals surface area contributed by atoms with Gasteiger partial charge in [-0.2, -0.15) is 0 Å². The first kappa shape index (κ1) is 11.5. The van der Waals surface area contributed by atoms with Crippen LogP contribution in [0, 0.1) is 17.3 Å². The van der Waals surface area contributed by atoms with E-state index in [1.54, 1.807) is 0 Å². The van der Waals surface area contributed by atoms with Gasteiger partial charge in [0.15, 0.2) is 0 Å². The van der Waals surface area contributed by atoms with Crippen molar-refractivity contribution in [2.45, 2.75) is 46.5 Å². The summed E-state index contributed by atoms with van der Waals surface area (Å²) in [5.41, 5.74) is 0.0869. The molecular formula is C12H22O2. The lowest BCUT2D eigenvalue weighted by Gasteiger charge is -2.35. The molecule has 0 aromatic heterocycles. The van der Waals surface area contributed by atoms with Crippen molar-refractivity contribution in [3.8, 4) is 0 Å². The largest absolute Gasteiger partial charge is 0.469 e. The predicted molar refractivity (Wildman–Crippen MR) is 56.9 cm³/mol. The van der Waals surface area contributed by atoms with Gasteiger partial charge in [-0.25, -0.2) is 0 Å². The molecule has 0 heterocycles. The van der Waals surface area contributed by atoms with E-state index in [0.717, 1.165) is 0 Å². The zero-order valence-corrected chi connectivity index (χ0v) is 9.80. The Hall–Kier alpha value is -0.530. The summed E-state index contributed by atoms with van der Waals surface area (Å²) >= 11 is 0.